The molecule has 6 nitrogen and oxygen atoms in total. The van der Waals surface area contributed by atoms with Crippen molar-refractivity contribution in [3.05, 3.63) is 11.7 Å². The zero-order valence-electron chi connectivity index (χ0n) is 13.5. The lowest BCUT2D eigenvalue weighted by Gasteiger charge is -2.32. The zero-order valence-corrected chi connectivity index (χ0v) is 13.5. The van der Waals surface area contributed by atoms with Crippen molar-refractivity contribution in [1.82, 2.24) is 0 Å². The van der Waals surface area contributed by atoms with Crippen LogP contribution in [0.1, 0.15) is 41.5 Å². The van der Waals surface area contributed by atoms with Gasteiger partial charge in [-0.3, -0.25) is 0 Å². The average molecular weight is 298 g/mol. The van der Waals surface area contributed by atoms with Gasteiger partial charge < -0.3 is 23.5 Å². The third kappa shape index (κ3) is 2.95. The number of esters is 1. The minimum atomic E-state index is -1.41. The van der Waals surface area contributed by atoms with Crippen molar-refractivity contribution in [2.24, 2.45) is 0 Å². The smallest absolute Gasteiger partial charge is 0.461 e. The molecular formula is C14H23BO6. The van der Waals surface area contributed by atoms with Crippen LogP contribution in [0.3, 0.4) is 0 Å². The number of carbonyl (C=O) groups is 1. The van der Waals surface area contributed by atoms with E-state index in [0.717, 1.165) is 0 Å². The van der Waals surface area contributed by atoms with E-state index in [1.165, 1.54) is 13.2 Å². The first kappa shape index (κ1) is 16.3. The molecular weight excluding hydrogens is 275 g/mol. The Morgan fingerprint density at radius 1 is 1.24 bits per heavy atom. The normalized spacial score (nSPS) is 30.6. The Morgan fingerprint density at radius 3 is 2.24 bits per heavy atom. The Balaban J connectivity index is 2.06. The average Bonchev–Trinajstić information content (AvgIpc) is 2.59. The predicted octanol–water partition coefficient (Wildman–Crippen LogP) is 1.83. The highest BCUT2D eigenvalue weighted by Gasteiger charge is 2.54. The lowest BCUT2D eigenvalue weighted by molar-refractivity contribution is -0.226. The molecule has 2 aliphatic rings. The Kier molecular flexibility index (Phi) is 4.12. The van der Waals surface area contributed by atoms with E-state index in [1.807, 2.05) is 27.7 Å². The summed E-state index contributed by atoms with van der Waals surface area (Å²) in [6.07, 6.45) is 1.47. The van der Waals surface area contributed by atoms with Crippen molar-refractivity contribution >= 4 is 13.1 Å². The van der Waals surface area contributed by atoms with Crippen molar-refractivity contribution < 1.29 is 28.3 Å². The number of rotatable bonds is 3. The quantitative estimate of drug-likeness (QED) is 0.585. The van der Waals surface area contributed by atoms with Crippen LogP contribution in [0.15, 0.2) is 11.7 Å². The molecule has 0 aliphatic carbocycles. The van der Waals surface area contributed by atoms with Gasteiger partial charge in [-0.05, 0) is 34.6 Å². The van der Waals surface area contributed by atoms with Gasteiger partial charge in [0, 0.05) is 12.4 Å². The van der Waals surface area contributed by atoms with Crippen LogP contribution in [0.5, 0.6) is 0 Å². The SMILES string of the molecule is CCOC(=O)C1(C)OC=C(B2OC(C)(C)C(C)(C)O2)CO1. The van der Waals surface area contributed by atoms with Gasteiger partial charge in [-0.2, -0.15) is 0 Å². The fourth-order valence-electron chi connectivity index (χ4n) is 1.96. The maximum Gasteiger partial charge on any atom is 0.496 e. The Hall–Kier alpha value is -1.05. The van der Waals surface area contributed by atoms with E-state index in [4.69, 9.17) is 23.5 Å². The van der Waals surface area contributed by atoms with E-state index >= 15 is 0 Å². The Morgan fingerprint density at radius 2 is 1.81 bits per heavy atom. The number of carbonyl (C=O) groups excluding carboxylic acids is 1. The van der Waals surface area contributed by atoms with Crippen molar-refractivity contribution in [3.8, 4) is 0 Å². The van der Waals surface area contributed by atoms with E-state index in [0.29, 0.717) is 5.47 Å². The predicted molar refractivity (Wildman–Crippen MR) is 76.2 cm³/mol. The van der Waals surface area contributed by atoms with Crippen LogP contribution in [0.2, 0.25) is 0 Å². The topological polar surface area (TPSA) is 63.2 Å². The summed E-state index contributed by atoms with van der Waals surface area (Å²) in [6.45, 7) is 11.6. The maximum absolute atomic E-state index is 11.8. The van der Waals surface area contributed by atoms with Crippen LogP contribution < -0.4 is 0 Å². The van der Waals surface area contributed by atoms with Gasteiger partial charge in [-0.15, -0.1) is 0 Å². The minimum Gasteiger partial charge on any atom is -0.461 e. The second kappa shape index (κ2) is 5.30. The van der Waals surface area contributed by atoms with Crippen LogP contribution in [0, 0.1) is 0 Å². The van der Waals surface area contributed by atoms with Gasteiger partial charge in [0.2, 0.25) is 0 Å². The Labute approximate surface area is 125 Å². The molecule has 0 N–H and O–H groups in total. The van der Waals surface area contributed by atoms with Gasteiger partial charge in [0.25, 0.3) is 0 Å². The second-order valence-corrected chi connectivity index (χ2v) is 6.35. The number of hydrogen-bond acceptors (Lipinski definition) is 6. The van der Waals surface area contributed by atoms with Crippen molar-refractivity contribution in [2.45, 2.75) is 58.5 Å². The first-order chi connectivity index (χ1) is 9.61. The van der Waals surface area contributed by atoms with Crippen LogP contribution in [0.25, 0.3) is 0 Å². The fourth-order valence-corrected chi connectivity index (χ4v) is 1.96. The highest BCUT2D eigenvalue weighted by molar-refractivity contribution is 6.54. The molecule has 21 heavy (non-hydrogen) atoms. The molecule has 0 bridgehead atoms. The molecule has 1 saturated heterocycles. The molecule has 7 heteroatoms. The molecule has 0 aromatic rings. The first-order valence-corrected chi connectivity index (χ1v) is 7.15. The second-order valence-electron chi connectivity index (χ2n) is 6.35. The third-order valence-corrected chi connectivity index (χ3v) is 4.15. The molecule has 0 spiro atoms. The van der Waals surface area contributed by atoms with Gasteiger partial charge in [0.05, 0.1) is 30.7 Å². The summed E-state index contributed by atoms with van der Waals surface area (Å²) >= 11 is 0. The standard InChI is InChI=1S/C14H23BO6/c1-7-17-11(16)14(6)18-8-10(9-19-14)15-20-12(2,3)13(4,5)21-15/h8H,7,9H2,1-6H3. The van der Waals surface area contributed by atoms with E-state index in [2.05, 4.69) is 0 Å². The van der Waals surface area contributed by atoms with E-state index in [9.17, 15) is 4.79 Å². The lowest BCUT2D eigenvalue weighted by Crippen LogP contribution is -2.45. The van der Waals surface area contributed by atoms with Crippen LogP contribution >= 0.6 is 0 Å². The molecule has 2 aliphatic heterocycles. The van der Waals surface area contributed by atoms with Crippen molar-refractivity contribution in [2.75, 3.05) is 13.2 Å². The van der Waals surface area contributed by atoms with Crippen LogP contribution in [-0.4, -0.2) is 43.3 Å². The van der Waals surface area contributed by atoms with Crippen molar-refractivity contribution in [1.29, 1.82) is 0 Å². The molecule has 0 aromatic carbocycles. The van der Waals surface area contributed by atoms with Gasteiger partial charge in [-0.25, -0.2) is 4.79 Å². The molecule has 0 saturated carbocycles. The first-order valence-electron chi connectivity index (χ1n) is 7.15. The molecule has 0 radical (unpaired) electrons. The molecule has 1 fully saturated rings. The summed E-state index contributed by atoms with van der Waals surface area (Å²) in [7, 11) is -0.540. The summed E-state index contributed by atoms with van der Waals surface area (Å²) in [4.78, 5) is 11.8. The molecule has 1 atom stereocenters. The zero-order chi connectivity index (χ0) is 15.9. The molecule has 118 valence electrons. The van der Waals surface area contributed by atoms with Gasteiger partial charge in [0.15, 0.2) is 0 Å². The molecule has 2 heterocycles. The monoisotopic (exact) mass is 298 g/mol. The summed E-state index contributed by atoms with van der Waals surface area (Å²) in [5, 5.41) is 0. The molecule has 0 amide bonds. The molecule has 1 unspecified atom stereocenters. The third-order valence-electron chi connectivity index (χ3n) is 4.15. The summed E-state index contributed by atoms with van der Waals surface area (Å²) in [5.41, 5.74) is -0.156. The van der Waals surface area contributed by atoms with E-state index in [1.54, 1.807) is 6.92 Å². The van der Waals surface area contributed by atoms with E-state index < -0.39 is 30.1 Å². The van der Waals surface area contributed by atoms with Gasteiger partial charge >= 0.3 is 18.9 Å². The fraction of sp³-hybridized carbons (Fsp3) is 0.786. The van der Waals surface area contributed by atoms with Gasteiger partial charge in [-0.1, -0.05) is 0 Å². The largest absolute Gasteiger partial charge is 0.496 e. The van der Waals surface area contributed by atoms with Crippen LogP contribution in [0.4, 0.5) is 0 Å². The summed E-state index contributed by atoms with van der Waals surface area (Å²) < 4.78 is 27.7. The lowest BCUT2D eigenvalue weighted by atomic mass is 9.79. The Bertz CT molecular complexity index is 442. The number of ether oxygens (including phenoxy) is 3. The minimum absolute atomic E-state index is 0.187. The van der Waals surface area contributed by atoms with Crippen LogP contribution in [-0.2, 0) is 28.3 Å². The van der Waals surface area contributed by atoms with E-state index in [-0.39, 0.29) is 13.2 Å². The summed E-state index contributed by atoms with van der Waals surface area (Å²) in [5.74, 6) is -1.96. The maximum atomic E-state index is 11.8. The molecule has 0 aromatic heterocycles. The highest BCUT2D eigenvalue weighted by atomic mass is 16.7. The molecule has 2 rings (SSSR count). The van der Waals surface area contributed by atoms with Crippen molar-refractivity contribution in [3.63, 3.8) is 0 Å². The number of hydrogen-bond donors (Lipinski definition) is 0. The summed E-state index contributed by atoms with van der Waals surface area (Å²) in [6, 6.07) is 0. The highest BCUT2D eigenvalue weighted by Crippen LogP contribution is 2.39. The van der Waals surface area contributed by atoms with Gasteiger partial charge in [0.1, 0.15) is 0 Å².